The molecule has 0 spiro atoms. The molecule has 3 N–H and O–H groups in total. The molecule has 1 fully saturated rings. The zero-order valence-electron chi connectivity index (χ0n) is 9.74. The molecule has 1 aromatic carbocycles. The standard InChI is InChI=1S/C12H16ClN3O/c1-16-7-6-12(8-16,11(14)17)15-10-5-3-2-4-9(10)13/h2-5,15H,6-8H2,1H3,(H2,14,17). The van der Waals surface area contributed by atoms with E-state index in [-0.39, 0.29) is 5.91 Å². The van der Waals surface area contributed by atoms with Gasteiger partial charge >= 0.3 is 0 Å². The molecule has 17 heavy (non-hydrogen) atoms. The fourth-order valence-electron chi connectivity index (χ4n) is 2.19. The van der Waals surface area contributed by atoms with Crippen molar-refractivity contribution >= 4 is 23.2 Å². The quantitative estimate of drug-likeness (QED) is 0.854. The molecule has 0 bridgehead atoms. The molecule has 1 saturated heterocycles. The van der Waals surface area contributed by atoms with Gasteiger partial charge in [0.25, 0.3) is 0 Å². The SMILES string of the molecule is CN1CCC(Nc2ccccc2Cl)(C(N)=O)C1. The van der Waals surface area contributed by atoms with Gasteiger partial charge in [-0.3, -0.25) is 4.79 Å². The number of carbonyl (C=O) groups is 1. The zero-order valence-corrected chi connectivity index (χ0v) is 10.5. The smallest absolute Gasteiger partial charge is 0.244 e. The lowest BCUT2D eigenvalue weighted by molar-refractivity contribution is -0.121. The van der Waals surface area contributed by atoms with Crippen molar-refractivity contribution in [1.29, 1.82) is 0 Å². The van der Waals surface area contributed by atoms with E-state index >= 15 is 0 Å². The first-order valence-electron chi connectivity index (χ1n) is 5.55. The molecule has 1 aliphatic rings. The Morgan fingerprint density at radius 1 is 1.53 bits per heavy atom. The molecule has 2 rings (SSSR count). The normalized spacial score (nSPS) is 24.8. The number of amides is 1. The molecule has 4 nitrogen and oxygen atoms in total. The first-order valence-corrected chi connectivity index (χ1v) is 5.92. The molecule has 92 valence electrons. The topological polar surface area (TPSA) is 58.4 Å². The molecule has 0 radical (unpaired) electrons. The van der Waals surface area contributed by atoms with Gasteiger partial charge in [0.1, 0.15) is 5.54 Å². The van der Waals surface area contributed by atoms with Gasteiger partial charge < -0.3 is 16.0 Å². The Labute approximate surface area is 106 Å². The van der Waals surface area contributed by atoms with Crippen LogP contribution in [0.3, 0.4) is 0 Å². The first-order chi connectivity index (χ1) is 8.03. The molecule has 0 aromatic heterocycles. The maximum absolute atomic E-state index is 11.7. The fourth-order valence-corrected chi connectivity index (χ4v) is 2.37. The van der Waals surface area contributed by atoms with Crippen LogP contribution in [0.25, 0.3) is 0 Å². The predicted molar refractivity (Wildman–Crippen MR) is 69.1 cm³/mol. The van der Waals surface area contributed by atoms with Gasteiger partial charge in [-0.1, -0.05) is 23.7 Å². The van der Waals surface area contributed by atoms with Crippen molar-refractivity contribution < 1.29 is 4.79 Å². The van der Waals surface area contributed by atoms with Crippen LogP contribution in [0.5, 0.6) is 0 Å². The highest BCUT2D eigenvalue weighted by molar-refractivity contribution is 6.33. The van der Waals surface area contributed by atoms with Crippen molar-refractivity contribution in [1.82, 2.24) is 4.90 Å². The molecular weight excluding hydrogens is 238 g/mol. The summed E-state index contributed by atoms with van der Waals surface area (Å²) < 4.78 is 0. The highest BCUT2D eigenvalue weighted by Crippen LogP contribution is 2.29. The van der Waals surface area contributed by atoms with Crippen molar-refractivity contribution in [3.05, 3.63) is 29.3 Å². The Hall–Kier alpha value is -1.26. The first kappa shape index (κ1) is 12.2. The third kappa shape index (κ3) is 2.37. The van der Waals surface area contributed by atoms with Crippen molar-refractivity contribution in [2.45, 2.75) is 12.0 Å². The fraction of sp³-hybridized carbons (Fsp3) is 0.417. The number of nitrogens with zero attached hydrogens (tertiary/aromatic N) is 1. The van der Waals surface area contributed by atoms with Crippen molar-refractivity contribution in [3.8, 4) is 0 Å². The van der Waals surface area contributed by atoms with E-state index in [4.69, 9.17) is 17.3 Å². The highest BCUT2D eigenvalue weighted by Gasteiger charge is 2.42. The van der Waals surface area contributed by atoms with Crippen LogP contribution in [0.15, 0.2) is 24.3 Å². The number of likely N-dealkylation sites (N-methyl/N-ethyl adjacent to an activating group) is 1. The average molecular weight is 254 g/mol. The lowest BCUT2D eigenvalue weighted by Gasteiger charge is -2.28. The Morgan fingerprint density at radius 3 is 2.76 bits per heavy atom. The van der Waals surface area contributed by atoms with E-state index in [1.807, 2.05) is 25.2 Å². The van der Waals surface area contributed by atoms with E-state index in [9.17, 15) is 4.79 Å². The monoisotopic (exact) mass is 253 g/mol. The molecule has 1 atom stereocenters. The second-order valence-corrected chi connectivity index (χ2v) is 4.95. The number of primary amides is 1. The van der Waals surface area contributed by atoms with Crippen LogP contribution >= 0.6 is 11.6 Å². The summed E-state index contributed by atoms with van der Waals surface area (Å²) in [5.74, 6) is -0.332. The van der Waals surface area contributed by atoms with Crippen LogP contribution in [-0.2, 0) is 4.79 Å². The summed E-state index contributed by atoms with van der Waals surface area (Å²) in [5.41, 5.74) is 5.57. The zero-order chi connectivity index (χ0) is 12.5. The van der Waals surface area contributed by atoms with Crippen molar-refractivity contribution in [3.63, 3.8) is 0 Å². The van der Waals surface area contributed by atoms with E-state index in [1.165, 1.54) is 0 Å². The number of nitrogens with one attached hydrogen (secondary N) is 1. The van der Waals surface area contributed by atoms with Gasteiger partial charge in [-0.25, -0.2) is 0 Å². The molecule has 1 amide bonds. The van der Waals surface area contributed by atoms with E-state index in [1.54, 1.807) is 6.07 Å². The van der Waals surface area contributed by atoms with Crippen LogP contribution in [-0.4, -0.2) is 36.5 Å². The molecule has 1 heterocycles. The Bertz CT molecular complexity index is 438. The molecule has 0 aliphatic carbocycles. The number of hydrogen-bond donors (Lipinski definition) is 2. The minimum atomic E-state index is -0.709. The van der Waals surface area contributed by atoms with Gasteiger partial charge in [0.05, 0.1) is 10.7 Å². The maximum atomic E-state index is 11.7. The maximum Gasteiger partial charge on any atom is 0.244 e. The van der Waals surface area contributed by atoms with Gasteiger partial charge in [-0.05, 0) is 25.6 Å². The second-order valence-electron chi connectivity index (χ2n) is 4.54. The van der Waals surface area contributed by atoms with Crippen LogP contribution in [0.2, 0.25) is 5.02 Å². The Kier molecular flexibility index (Phi) is 3.26. The number of carbonyl (C=O) groups excluding carboxylic acids is 1. The largest absolute Gasteiger partial charge is 0.369 e. The average Bonchev–Trinajstić information content (AvgIpc) is 2.65. The van der Waals surface area contributed by atoms with Crippen molar-refractivity contribution in [2.75, 3.05) is 25.5 Å². The van der Waals surface area contributed by atoms with E-state index in [0.29, 0.717) is 18.0 Å². The number of nitrogens with two attached hydrogens (primary N) is 1. The van der Waals surface area contributed by atoms with E-state index in [0.717, 1.165) is 12.2 Å². The van der Waals surface area contributed by atoms with Crippen LogP contribution in [0, 0.1) is 0 Å². The Balaban J connectivity index is 2.26. The van der Waals surface area contributed by atoms with Gasteiger partial charge in [0.2, 0.25) is 5.91 Å². The third-order valence-corrected chi connectivity index (χ3v) is 3.51. The summed E-state index contributed by atoms with van der Waals surface area (Å²) in [6, 6.07) is 7.37. The van der Waals surface area contributed by atoms with Gasteiger partial charge in [-0.15, -0.1) is 0 Å². The number of rotatable bonds is 3. The summed E-state index contributed by atoms with van der Waals surface area (Å²) in [7, 11) is 1.97. The number of likely N-dealkylation sites (tertiary alicyclic amines) is 1. The summed E-state index contributed by atoms with van der Waals surface area (Å²) in [5, 5.41) is 3.80. The second kappa shape index (κ2) is 4.55. The predicted octanol–water partition coefficient (Wildman–Crippen LogP) is 1.31. The minimum absolute atomic E-state index is 0.332. The lowest BCUT2D eigenvalue weighted by Crippen LogP contribution is -2.52. The van der Waals surface area contributed by atoms with Crippen molar-refractivity contribution in [2.24, 2.45) is 5.73 Å². The van der Waals surface area contributed by atoms with E-state index in [2.05, 4.69) is 10.2 Å². The number of hydrogen-bond acceptors (Lipinski definition) is 3. The summed E-state index contributed by atoms with van der Waals surface area (Å²) in [6.07, 6.45) is 0.698. The van der Waals surface area contributed by atoms with Crippen LogP contribution < -0.4 is 11.1 Å². The minimum Gasteiger partial charge on any atom is -0.369 e. The molecule has 0 saturated carbocycles. The molecule has 5 heteroatoms. The van der Waals surface area contributed by atoms with E-state index < -0.39 is 5.54 Å². The summed E-state index contributed by atoms with van der Waals surface area (Å²) >= 11 is 6.08. The van der Waals surface area contributed by atoms with Crippen LogP contribution in [0.1, 0.15) is 6.42 Å². The highest BCUT2D eigenvalue weighted by atomic mass is 35.5. The molecule has 1 unspecified atom stereocenters. The van der Waals surface area contributed by atoms with Crippen LogP contribution in [0.4, 0.5) is 5.69 Å². The number of halogens is 1. The summed E-state index contributed by atoms with van der Waals surface area (Å²) in [6.45, 7) is 1.45. The third-order valence-electron chi connectivity index (χ3n) is 3.18. The number of benzene rings is 1. The van der Waals surface area contributed by atoms with Gasteiger partial charge in [0.15, 0.2) is 0 Å². The molecule has 1 aromatic rings. The van der Waals surface area contributed by atoms with Gasteiger partial charge in [0, 0.05) is 13.1 Å². The lowest BCUT2D eigenvalue weighted by atomic mass is 9.97. The molecular formula is C12H16ClN3O. The van der Waals surface area contributed by atoms with Gasteiger partial charge in [-0.2, -0.15) is 0 Å². The molecule has 1 aliphatic heterocycles. The number of para-hydroxylation sites is 1. The summed E-state index contributed by atoms with van der Waals surface area (Å²) in [4.78, 5) is 13.8. The number of anilines is 1. The Morgan fingerprint density at radius 2 is 2.24 bits per heavy atom.